The third-order valence-electron chi connectivity index (χ3n) is 4.76. The smallest absolute Gasteiger partial charge is 0.261 e. The molecule has 0 saturated heterocycles. The van der Waals surface area contributed by atoms with Crippen molar-refractivity contribution in [1.29, 1.82) is 0 Å². The van der Waals surface area contributed by atoms with Gasteiger partial charge < -0.3 is 5.32 Å². The number of hydrogen-bond donors (Lipinski definition) is 1. The number of amides is 1. The van der Waals surface area contributed by atoms with Crippen molar-refractivity contribution in [3.63, 3.8) is 0 Å². The van der Waals surface area contributed by atoms with Crippen LogP contribution in [0.3, 0.4) is 0 Å². The first-order valence-corrected chi connectivity index (χ1v) is 8.37. The van der Waals surface area contributed by atoms with E-state index in [1.54, 1.807) is 54.2 Å². The van der Waals surface area contributed by atoms with Gasteiger partial charge in [0.1, 0.15) is 11.6 Å². The van der Waals surface area contributed by atoms with Gasteiger partial charge in [0, 0.05) is 19.2 Å². The molecule has 1 aliphatic rings. The Bertz CT molecular complexity index is 1010. The van der Waals surface area contributed by atoms with Crippen LogP contribution in [0, 0.1) is 0 Å². The fourth-order valence-electron chi connectivity index (χ4n) is 3.15. The third-order valence-corrected chi connectivity index (χ3v) is 4.76. The average molecular weight is 334 g/mol. The summed E-state index contributed by atoms with van der Waals surface area (Å²) in [5.41, 5.74) is 0.738. The van der Waals surface area contributed by atoms with E-state index in [2.05, 4.69) is 10.3 Å². The molecule has 1 fully saturated rings. The zero-order valence-corrected chi connectivity index (χ0v) is 13.9. The van der Waals surface area contributed by atoms with E-state index in [9.17, 15) is 9.59 Å². The Kier molecular flexibility index (Phi) is 3.80. The molecule has 6 heteroatoms. The number of nitrogens with zero attached hydrogens (tertiary/aromatic N) is 3. The molecule has 1 aromatic carbocycles. The Morgan fingerprint density at radius 3 is 2.72 bits per heavy atom. The second kappa shape index (κ2) is 6.12. The van der Waals surface area contributed by atoms with Gasteiger partial charge in [-0.25, -0.2) is 9.97 Å². The zero-order chi connectivity index (χ0) is 17.4. The number of para-hydroxylation sites is 1. The number of carbonyl (C=O) groups is 1. The summed E-state index contributed by atoms with van der Waals surface area (Å²) in [6.45, 7) is 0. The SMILES string of the molecule is Cn1c(C2CCC2)nc2c(C(=O)Nc3ccccn3)cccc2c1=O. The van der Waals surface area contributed by atoms with Crippen molar-refractivity contribution < 1.29 is 4.79 Å². The van der Waals surface area contributed by atoms with Crippen LogP contribution < -0.4 is 10.9 Å². The molecular weight excluding hydrogens is 316 g/mol. The second-order valence-corrected chi connectivity index (χ2v) is 6.33. The van der Waals surface area contributed by atoms with Gasteiger partial charge >= 0.3 is 0 Å². The molecular formula is C19H18N4O2. The van der Waals surface area contributed by atoms with Gasteiger partial charge in [0.05, 0.1) is 16.5 Å². The minimum Gasteiger partial charge on any atom is -0.306 e. The van der Waals surface area contributed by atoms with Gasteiger partial charge in [0.15, 0.2) is 0 Å². The normalized spacial score (nSPS) is 14.3. The highest BCUT2D eigenvalue weighted by Gasteiger charge is 2.25. The van der Waals surface area contributed by atoms with E-state index >= 15 is 0 Å². The van der Waals surface area contributed by atoms with Crippen LogP contribution in [0.15, 0.2) is 47.4 Å². The number of hydrogen-bond acceptors (Lipinski definition) is 4. The van der Waals surface area contributed by atoms with E-state index in [4.69, 9.17) is 4.98 Å². The lowest BCUT2D eigenvalue weighted by Crippen LogP contribution is -2.27. The summed E-state index contributed by atoms with van der Waals surface area (Å²) in [4.78, 5) is 34.2. The molecule has 1 amide bonds. The summed E-state index contributed by atoms with van der Waals surface area (Å²) in [7, 11) is 1.75. The van der Waals surface area contributed by atoms with E-state index in [0.29, 0.717) is 28.2 Å². The molecule has 6 nitrogen and oxygen atoms in total. The molecule has 0 atom stereocenters. The van der Waals surface area contributed by atoms with Gasteiger partial charge in [0.25, 0.3) is 11.5 Å². The molecule has 1 N–H and O–H groups in total. The monoisotopic (exact) mass is 334 g/mol. The molecule has 1 aliphatic carbocycles. The summed E-state index contributed by atoms with van der Waals surface area (Å²) < 4.78 is 1.62. The Morgan fingerprint density at radius 2 is 2.04 bits per heavy atom. The average Bonchev–Trinajstić information content (AvgIpc) is 2.58. The van der Waals surface area contributed by atoms with Crippen molar-refractivity contribution in [1.82, 2.24) is 14.5 Å². The molecule has 0 spiro atoms. The minimum absolute atomic E-state index is 0.112. The van der Waals surface area contributed by atoms with Crippen LogP contribution in [0.2, 0.25) is 0 Å². The first-order valence-electron chi connectivity index (χ1n) is 8.37. The highest BCUT2D eigenvalue weighted by Crippen LogP contribution is 2.35. The summed E-state index contributed by atoms with van der Waals surface area (Å²) >= 11 is 0. The van der Waals surface area contributed by atoms with Crippen molar-refractivity contribution in [2.45, 2.75) is 25.2 Å². The molecule has 1 saturated carbocycles. The second-order valence-electron chi connectivity index (χ2n) is 6.33. The van der Waals surface area contributed by atoms with Crippen LogP contribution in [-0.2, 0) is 7.05 Å². The minimum atomic E-state index is -0.315. The fraction of sp³-hybridized carbons (Fsp3) is 0.263. The number of aromatic nitrogens is 3. The number of anilines is 1. The highest BCUT2D eigenvalue weighted by molar-refractivity contribution is 6.11. The summed E-state index contributed by atoms with van der Waals surface area (Å²) in [6.07, 6.45) is 4.84. The van der Waals surface area contributed by atoms with Crippen molar-refractivity contribution in [2.75, 3.05) is 5.32 Å². The highest BCUT2D eigenvalue weighted by atomic mass is 16.2. The van der Waals surface area contributed by atoms with Crippen molar-refractivity contribution in [3.05, 3.63) is 64.3 Å². The number of fused-ring (bicyclic) bond motifs is 1. The zero-order valence-electron chi connectivity index (χ0n) is 13.9. The lowest BCUT2D eigenvalue weighted by molar-refractivity contribution is 0.102. The molecule has 25 heavy (non-hydrogen) atoms. The van der Waals surface area contributed by atoms with Crippen LogP contribution in [0.25, 0.3) is 10.9 Å². The topological polar surface area (TPSA) is 76.9 Å². The maximum absolute atomic E-state index is 12.7. The Hall–Kier alpha value is -3.02. The maximum atomic E-state index is 12.7. The molecule has 2 heterocycles. The van der Waals surface area contributed by atoms with E-state index in [0.717, 1.165) is 25.1 Å². The molecule has 0 unspecified atom stereocenters. The van der Waals surface area contributed by atoms with Gasteiger partial charge in [-0.15, -0.1) is 0 Å². The number of rotatable bonds is 3. The summed E-state index contributed by atoms with van der Waals surface area (Å²) in [5.74, 6) is 1.22. The lowest BCUT2D eigenvalue weighted by atomic mass is 9.84. The van der Waals surface area contributed by atoms with Crippen LogP contribution >= 0.6 is 0 Å². The summed E-state index contributed by atoms with van der Waals surface area (Å²) in [6, 6.07) is 10.4. The van der Waals surface area contributed by atoms with E-state index in [1.165, 1.54) is 0 Å². The van der Waals surface area contributed by atoms with Crippen LogP contribution in [-0.4, -0.2) is 20.4 Å². The maximum Gasteiger partial charge on any atom is 0.261 e. The molecule has 0 aliphatic heterocycles. The standard InChI is InChI=1S/C19H18N4O2/c1-23-17(12-6-4-7-12)22-16-13(8-5-9-14(16)19(23)25)18(24)21-15-10-2-3-11-20-15/h2-3,5,8-12H,4,6-7H2,1H3,(H,20,21,24). The van der Waals surface area contributed by atoms with Gasteiger partial charge in [-0.2, -0.15) is 0 Å². The number of benzene rings is 1. The quantitative estimate of drug-likeness (QED) is 0.799. The number of nitrogens with one attached hydrogen (secondary N) is 1. The molecule has 0 bridgehead atoms. The predicted octanol–water partition coefficient (Wildman–Crippen LogP) is 2.85. The van der Waals surface area contributed by atoms with Gasteiger partial charge in [0.2, 0.25) is 0 Å². The first kappa shape index (κ1) is 15.5. The van der Waals surface area contributed by atoms with Gasteiger partial charge in [-0.05, 0) is 37.1 Å². The van der Waals surface area contributed by atoms with Gasteiger partial charge in [-0.3, -0.25) is 14.2 Å². The van der Waals surface area contributed by atoms with Crippen molar-refractivity contribution in [2.24, 2.45) is 7.05 Å². The molecule has 4 rings (SSSR count). The van der Waals surface area contributed by atoms with Crippen molar-refractivity contribution >= 4 is 22.6 Å². The predicted molar refractivity (Wildman–Crippen MR) is 95.8 cm³/mol. The first-order chi connectivity index (χ1) is 12.1. The van der Waals surface area contributed by atoms with Crippen LogP contribution in [0.1, 0.15) is 41.4 Å². The van der Waals surface area contributed by atoms with Crippen LogP contribution in [0.5, 0.6) is 0 Å². The number of pyridine rings is 1. The van der Waals surface area contributed by atoms with E-state index in [-0.39, 0.29) is 11.5 Å². The molecule has 126 valence electrons. The molecule has 3 aromatic rings. The fourth-order valence-corrected chi connectivity index (χ4v) is 3.15. The largest absolute Gasteiger partial charge is 0.306 e. The Labute approximate surface area is 144 Å². The molecule has 0 radical (unpaired) electrons. The van der Waals surface area contributed by atoms with Crippen LogP contribution in [0.4, 0.5) is 5.82 Å². The van der Waals surface area contributed by atoms with E-state index in [1.807, 2.05) is 0 Å². The Morgan fingerprint density at radius 1 is 1.20 bits per heavy atom. The Balaban J connectivity index is 1.82. The molecule has 2 aromatic heterocycles. The number of carbonyl (C=O) groups excluding carboxylic acids is 1. The third kappa shape index (κ3) is 2.69. The van der Waals surface area contributed by atoms with Gasteiger partial charge in [-0.1, -0.05) is 18.6 Å². The van der Waals surface area contributed by atoms with Crippen molar-refractivity contribution in [3.8, 4) is 0 Å². The lowest BCUT2D eigenvalue weighted by Gasteiger charge is -2.26. The summed E-state index contributed by atoms with van der Waals surface area (Å²) in [5, 5.41) is 3.22. The van der Waals surface area contributed by atoms with E-state index < -0.39 is 0 Å².